The number of fused-ring (bicyclic) bond motifs is 1. The smallest absolute Gasteiger partial charge is 0.268 e. The number of rotatable bonds is 1. The normalized spacial score (nSPS) is 10.2. The van der Waals surface area contributed by atoms with E-state index in [0.717, 1.165) is 0 Å². The molecular formula is C7H5N5O. The van der Waals surface area contributed by atoms with Crippen molar-refractivity contribution in [1.82, 2.24) is 20.2 Å². The molecule has 0 fully saturated rings. The van der Waals surface area contributed by atoms with E-state index in [-0.39, 0.29) is 5.69 Å². The van der Waals surface area contributed by atoms with Crippen molar-refractivity contribution in [3.8, 4) is 11.4 Å². The maximum atomic E-state index is 10.8. The van der Waals surface area contributed by atoms with Gasteiger partial charge in [-0.2, -0.15) is 5.10 Å². The van der Waals surface area contributed by atoms with Crippen molar-refractivity contribution in [2.45, 2.75) is 0 Å². The zero-order chi connectivity index (χ0) is 9.26. The first-order chi connectivity index (χ1) is 6.27. The average molecular weight is 175 g/mol. The quantitative estimate of drug-likeness (QED) is 0.628. The van der Waals surface area contributed by atoms with Crippen LogP contribution in [0.15, 0.2) is 18.6 Å². The zero-order valence-corrected chi connectivity index (χ0v) is 6.51. The molecule has 0 unspecified atom stereocenters. The van der Waals surface area contributed by atoms with Gasteiger partial charge in [0.2, 0.25) is 0 Å². The average Bonchev–Trinajstić information content (AvgIpc) is 2.42. The summed E-state index contributed by atoms with van der Waals surface area (Å²) in [6, 6.07) is 0. The van der Waals surface area contributed by atoms with Crippen LogP contribution in [-0.2, 0) is 0 Å². The number of carbonyl (C=O) groups excluding carboxylic acids is 1. The van der Waals surface area contributed by atoms with Crippen LogP contribution in [-0.4, -0.2) is 26.1 Å². The van der Waals surface area contributed by atoms with Crippen LogP contribution in [0.2, 0.25) is 0 Å². The molecule has 0 saturated carbocycles. The van der Waals surface area contributed by atoms with Crippen LogP contribution in [0.25, 0.3) is 11.4 Å². The lowest BCUT2D eigenvalue weighted by atomic mass is 10.3. The van der Waals surface area contributed by atoms with Crippen molar-refractivity contribution < 1.29 is 4.79 Å². The predicted molar refractivity (Wildman–Crippen MR) is 42.8 cm³/mol. The first-order valence-electron chi connectivity index (χ1n) is 3.50. The monoisotopic (exact) mass is 175 g/mol. The zero-order valence-electron chi connectivity index (χ0n) is 6.51. The second kappa shape index (κ2) is 2.74. The van der Waals surface area contributed by atoms with Gasteiger partial charge in [-0.05, 0) is 0 Å². The number of aromatic nitrogens is 4. The van der Waals surface area contributed by atoms with E-state index in [4.69, 9.17) is 5.73 Å². The van der Waals surface area contributed by atoms with Gasteiger partial charge in [-0.25, -0.2) is 4.98 Å². The van der Waals surface area contributed by atoms with E-state index in [2.05, 4.69) is 20.2 Å². The molecule has 0 aromatic rings. The summed E-state index contributed by atoms with van der Waals surface area (Å²) in [7, 11) is 0. The molecule has 0 aliphatic carbocycles. The summed E-state index contributed by atoms with van der Waals surface area (Å²) in [6.45, 7) is 0. The van der Waals surface area contributed by atoms with Gasteiger partial charge in [0, 0.05) is 6.20 Å². The second-order valence-electron chi connectivity index (χ2n) is 2.39. The van der Waals surface area contributed by atoms with Gasteiger partial charge < -0.3 is 5.73 Å². The van der Waals surface area contributed by atoms with Crippen molar-refractivity contribution in [3.05, 3.63) is 24.3 Å². The van der Waals surface area contributed by atoms with Crippen LogP contribution in [0, 0.1) is 0 Å². The number of carbonyl (C=O) groups is 1. The predicted octanol–water partition coefficient (Wildman–Crippen LogP) is -0.530. The van der Waals surface area contributed by atoms with Crippen molar-refractivity contribution in [3.63, 3.8) is 0 Å². The minimum atomic E-state index is -0.631. The molecular weight excluding hydrogens is 170 g/mol. The Bertz CT molecular complexity index is 429. The number of hydrogen-bond donors (Lipinski definition) is 1. The molecule has 2 aliphatic heterocycles. The van der Waals surface area contributed by atoms with E-state index in [0.29, 0.717) is 11.4 Å². The van der Waals surface area contributed by atoms with Gasteiger partial charge in [-0.1, -0.05) is 0 Å². The van der Waals surface area contributed by atoms with E-state index in [9.17, 15) is 4.79 Å². The Labute approximate surface area is 73.2 Å². The van der Waals surface area contributed by atoms with E-state index >= 15 is 0 Å². The molecule has 0 aromatic heterocycles. The van der Waals surface area contributed by atoms with Gasteiger partial charge in [0.25, 0.3) is 5.91 Å². The first kappa shape index (κ1) is 7.53. The largest absolute Gasteiger partial charge is 0.364 e. The maximum absolute atomic E-state index is 10.8. The highest BCUT2D eigenvalue weighted by atomic mass is 16.1. The third-order valence-corrected chi connectivity index (χ3v) is 1.50. The van der Waals surface area contributed by atoms with Crippen molar-refractivity contribution in [2.24, 2.45) is 5.73 Å². The van der Waals surface area contributed by atoms with E-state index in [1.165, 1.54) is 18.6 Å². The second-order valence-corrected chi connectivity index (χ2v) is 2.39. The van der Waals surface area contributed by atoms with Crippen LogP contribution in [0.4, 0.5) is 0 Å². The van der Waals surface area contributed by atoms with Gasteiger partial charge in [0.1, 0.15) is 5.69 Å². The summed E-state index contributed by atoms with van der Waals surface area (Å²) >= 11 is 0. The van der Waals surface area contributed by atoms with Gasteiger partial charge >= 0.3 is 0 Å². The van der Waals surface area contributed by atoms with E-state index in [1.807, 2.05) is 0 Å². The number of amides is 1. The number of primary amides is 1. The third-order valence-electron chi connectivity index (χ3n) is 1.50. The van der Waals surface area contributed by atoms with Gasteiger partial charge in [-0.3, -0.25) is 9.78 Å². The molecule has 6 heteroatoms. The highest BCUT2D eigenvalue weighted by Crippen LogP contribution is 2.11. The molecule has 0 radical (unpaired) electrons. The molecule has 2 aliphatic rings. The Morgan fingerprint density at radius 3 is 2.92 bits per heavy atom. The minimum absolute atomic E-state index is 0.0792. The standard InChI is InChI=1S/C7H5N5O/c8-6(13)5-3-9-1-4-2-10-12-7(4)11-5/h1-3H,(H2,8,13). The fraction of sp³-hybridized carbons (Fsp3) is 0. The molecule has 2 heterocycles. The molecule has 64 valence electrons. The van der Waals surface area contributed by atoms with Gasteiger partial charge in [0.15, 0.2) is 5.82 Å². The molecule has 2 N–H and O–H groups in total. The fourth-order valence-electron chi connectivity index (χ4n) is 0.889. The molecule has 1 amide bonds. The summed E-state index contributed by atoms with van der Waals surface area (Å²) in [5.41, 5.74) is 5.79. The van der Waals surface area contributed by atoms with Gasteiger partial charge in [-0.15, -0.1) is 5.10 Å². The Hall–Kier alpha value is -2.11. The lowest BCUT2D eigenvalue weighted by Gasteiger charge is -1.86. The van der Waals surface area contributed by atoms with Crippen molar-refractivity contribution in [1.29, 1.82) is 0 Å². The summed E-state index contributed by atoms with van der Waals surface area (Å²) in [5.74, 6) is -0.265. The Balaban J connectivity index is 2.64. The Kier molecular flexibility index (Phi) is 1.59. The highest BCUT2D eigenvalue weighted by Gasteiger charge is 2.08. The number of nitrogens with two attached hydrogens (primary N) is 1. The van der Waals surface area contributed by atoms with Crippen LogP contribution in [0.3, 0.4) is 0 Å². The fourth-order valence-corrected chi connectivity index (χ4v) is 0.889. The maximum Gasteiger partial charge on any atom is 0.268 e. The molecule has 0 aromatic carbocycles. The molecule has 0 spiro atoms. The Morgan fingerprint density at radius 2 is 2.15 bits per heavy atom. The SMILES string of the molecule is NC(=O)c1cncc2cnnc-2n1. The topological polar surface area (TPSA) is 94.7 Å². The number of hydrogen-bond acceptors (Lipinski definition) is 5. The van der Waals surface area contributed by atoms with Crippen molar-refractivity contribution >= 4 is 5.91 Å². The van der Waals surface area contributed by atoms with Crippen LogP contribution >= 0.6 is 0 Å². The lowest BCUT2D eigenvalue weighted by molar-refractivity contribution is 0.0995. The third kappa shape index (κ3) is 1.28. The highest BCUT2D eigenvalue weighted by molar-refractivity contribution is 5.90. The van der Waals surface area contributed by atoms with E-state index in [1.54, 1.807) is 0 Å². The molecule has 6 nitrogen and oxygen atoms in total. The number of nitrogens with zero attached hydrogens (tertiary/aromatic N) is 4. The summed E-state index contributed by atoms with van der Waals surface area (Å²) < 4.78 is 0. The van der Waals surface area contributed by atoms with Crippen LogP contribution in [0.1, 0.15) is 10.5 Å². The van der Waals surface area contributed by atoms with Crippen LogP contribution in [0.5, 0.6) is 0 Å². The molecule has 0 saturated heterocycles. The first-order valence-corrected chi connectivity index (χ1v) is 3.50. The Morgan fingerprint density at radius 1 is 1.31 bits per heavy atom. The molecule has 0 bridgehead atoms. The van der Waals surface area contributed by atoms with Gasteiger partial charge in [0.05, 0.1) is 18.0 Å². The lowest BCUT2D eigenvalue weighted by Crippen LogP contribution is -2.12. The molecule has 0 atom stereocenters. The summed E-state index contributed by atoms with van der Waals surface area (Å²) in [5, 5.41) is 7.32. The summed E-state index contributed by atoms with van der Waals surface area (Å²) in [4.78, 5) is 18.5. The molecule has 2 rings (SSSR count). The molecule has 13 heavy (non-hydrogen) atoms. The van der Waals surface area contributed by atoms with Crippen molar-refractivity contribution in [2.75, 3.05) is 0 Å². The summed E-state index contributed by atoms with van der Waals surface area (Å²) in [6.07, 6.45) is 4.33. The van der Waals surface area contributed by atoms with Crippen LogP contribution < -0.4 is 5.73 Å². The minimum Gasteiger partial charge on any atom is -0.364 e. The van der Waals surface area contributed by atoms with E-state index < -0.39 is 5.91 Å².